The maximum Gasteiger partial charge on any atom is 0.203 e. The van der Waals surface area contributed by atoms with Crippen LogP contribution in [0.2, 0.25) is 0 Å². The number of nitrogens with two attached hydrogens (primary N) is 1. The molecule has 18 heavy (non-hydrogen) atoms. The van der Waals surface area contributed by atoms with Gasteiger partial charge in [-0.25, -0.2) is 4.63 Å². The van der Waals surface area contributed by atoms with Gasteiger partial charge < -0.3 is 19.9 Å². The van der Waals surface area contributed by atoms with E-state index >= 15 is 0 Å². The second-order valence-electron chi connectivity index (χ2n) is 3.41. The van der Waals surface area contributed by atoms with Gasteiger partial charge in [0, 0.05) is 5.56 Å². The zero-order chi connectivity index (χ0) is 13.1. The fourth-order valence-corrected chi connectivity index (χ4v) is 1.61. The maximum atomic E-state index is 5.65. The topological polar surface area (TPSA) is 92.6 Å². The molecule has 7 nitrogen and oxygen atoms in total. The fourth-order valence-electron chi connectivity index (χ4n) is 1.61. The minimum absolute atomic E-state index is 0.198. The molecule has 1 heterocycles. The van der Waals surface area contributed by atoms with Gasteiger partial charge in [0.25, 0.3) is 0 Å². The molecule has 0 spiro atoms. The summed E-state index contributed by atoms with van der Waals surface area (Å²) in [6, 6.07) is 3.44. The SMILES string of the molecule is COc1cc(-c2nonc2N)cc(OC)c1OC. The second kappa shape index (κ2) is 4.82. The van der Waals surface area contributed by atoms with Crippen molar-refractivity contribution in [3.8, 4) is 28.5 Å². The minimum Gasteiger partial charge on any atom is -0.493 e. The van der Waals surface area contributed by atoms with Crippen LogP contribution in [0.3, 0.4) is 0 Å². The van der Waals surface area contributed by atoms with Crippen molar-refractivity contribution < 1.29 is 18.8 Å². The maximum absolute atomic E-state index is 5.65. The van der Waals surface area contributed by atoms with E-state index < -0.39 is 0 Å². The molecule has 0 atom stereocenters. The standard InChI is InChI=1S/C11H13N3O4/c1-15-7-4-6(9-11(12)14-18-13-9)5-8(16-2)10(7)17-3/h4-5H,1-3H3,(H2,12,14). The summed E-state index contributed by atoms with van der Waals surface area (Å²) < 4.78 is 20.3. The zero-order valence-corrected chi connectivity index (χ0v) is 10.3. The number of rotatable bonds is 4. The number of nitrogens with zero attached hydrogens (tertiary/aromatic N) is 2. The van der Waals surface area contributed by atoms with E-state index in [1.54, 1.807) is 12.1 Å². The Hall–Kier alpha value is -2.44. The summed E-state index contributed by atoms with van der Waals surface area (Å²) >= 11 is 0. The Bertz CT molecular complexity index is 528. The van der Waals surface area contributed by atoms with E-state index in [0.29, 0.717) is 28.5 Å². The van der Waals surface area contributed by atoms with Crippen LogP contribution in [0, 0.1) is 0 Å². The minimum atomic E-state index is 0.198. The van der Waals surface area contributed by atoms with Gasteiger partial charge in [-0.05, 0) is 22.4 Å². The molecule has 0 saturated heterocycles. The monoisotopic (exact) mass is 251 g/mol. The molecular weight excluding hydrogens is 238 g/mol. The van der Waals surface area contributed by atoms with Crippen LogP contribution in [0.4, 0.5) is 5.82 Å². The van der Waals surface area contributed by atoms with Crippen molar-refractivity contribution in [2.45, 2.75) is 0 Å². The van der Waals surface area contributed by atoms with Crippen LogP contribution in [0.5, 0.6) is 17.2 Å². The number of benzene rings is 1. The number of anilines is 1. The van der Waals surface area contributed by atoms with E-state index in [0.717, 1.165) is 0 Å². The number of ether oxygens (including phenoxy) is 3. The molecule has 0 saturated carbocycles. The highest BCUT2D eigenvalue weighted by Gasteiger charge is 2.17. The molecule has 0 amide bonds. The summed E-state index contributed by atoms with van der Waals surface area (Å²) in [5.74, 6) is 1.71. The van der Waals surface area contributed by atoms with Crippen molar-refractivity contribution in [3.05, 3.63) is 12.1 Å². The Morgan fingerprint density at radius 2 is 1.61 bits per heavy atom. The molecule has 0 fully saturated rings. The first-order valence-corrected chi connectivity index (χ1v) is 5.09. The van der Waals surface area contributed by atoms with Crippen LogP contribution < -0.4 is 19.9 Å². The lowest BCUT2D eigenvalue weighted by Gasteiger charge is -2.13. The van der Waals surface area contributed by atoms with Gasteiger partial charge in [0.15, 0.2) is 23.0 Å². The molecule has 7 heteroatoms. The van der Waals surface area contributed by atoms with Gasteiger partial charge in [0.2, 0.25) is 5.75 Å². The summed E-state index contributed by atoms with van der Waals surface area (Å²) in [4.78, 5) is 0. The lowest BCUT2D eigenvalue weighted by Crippen LogP contribution is -1.96. The highest BCUT2D eigenvalue weighted by atomic mass is 16.6. The third-order valence-electron chi connectivity index (χ3n) is 2.45. The first-order chi connectivity index (χ1) is 8.71. The molecular formula is C11H13N3O4. The molecule has 0 aliphatic carbocycles. The molecule has 2 aromatic rings. The van der Waals surface area contributed by atoms with Gasteiger partial charge in [-0.3, -0.25) is 0 Å². The van der Waals surface area contributed by atoms with Crippen LogP contribution in [0.25, 0.3) is 11.3 Å². The van der Waals surface area contributed by atoms with Crippen molar-refractivity contribution in [2.75, 3.05) is 27.1 Å². The summed E-state index contributed by atoms with van der Waals surface area (Å²) in [7, 11) is 4.60. The van der Waals surface area contributed by atoms with Crippen LogP contribution >= 0.6 is 0 Å². The Labute approximate surface area is 103 Å². The predicted molar refractivity (Wildman–Crippen MR) is 63.8 cm³/mol. The average molecular weight is 251 g/mol. The molecule has 1 aromatic heterocycles. The molecule has 2 rings (SSSR count). The smallest absolute Gasteiger partial charge is 0.203 e. The van der Waals surface area contributed by atoms with Crippen molar-refractivity contribution in [3.63, 3.8) is 0 Å². The second-order valence-corrected chi connectivity index (χ2v) is 3.41. The number of nitrogen functional groups attached to an aromatic ring is 1. The summed E-state index contributed by atoms with van der Waals surface area (Å²) in [5.41, 5.74) is 6.74. The number of hydrogen-bond donors (Lipinski definition) is 1. The van der Waals surface area contributed by atoms with E-state index in [4.69, 9.17) is 19.9 Å². The van der Waals surface area contributed by atoms with Crippen molar-refractivity contribution >= 4 is 5.82 Å². The van der Waals surface area contributed by atoms with E-state index in [1.165, 1.54) is 21.3 Å². The van der Waals surface area contributed by atoms with Gasteiger partial charge in [0.1, 0.15) is 0 Å². The third kappa shape index (κ3) is 1.90. The number of methoxy groups -OCH3 is 3. The number of aromatic nitrogens is 2. The van der Waals surface area contributed by atoms with Gasteiger partial charge in [-0.1, -0.05) is 0 Å². The lowest BCUT2D eigenvalue weighted by atomic mass is 10.1. The highest BCUT2D eigenvalue weighted by molar-refractivity contribution is 5.74. The molecule has 2 N–H and O–H groups in total. The van der Waals surface area contributed by atoms with Crippen LogP contribution in [0.1, 0.15) is 0 Å². The fraction of sp³-hybridized carbons (Fsp3) is 0.273. The Morgan fingerprint density at radius 3 is 2.00 bits per heavy atom. The zero-order valence-electron chi connectivity index (χ0n) is 10.3. The van der Waals surface area contributed by atoms with E-state index in [9.17, 15) is 0 Å². The molecule has 96 valence electrons. The molecule has 0 aliphatic rings. The highest BCUT2D eigenvalue weighted by Crippen LogP contribution is 2.41. The van der Waals surface area contributed by atoms with Crippen molar-refractivity contribution in [1.82, 2.24) is 10.3 Å². The molecule has 0 bridgehead atoms. The Morgan fingerprint density at radius 1 is 1.00 bits per heavy atom. The largest absolute Gasteiger partial charge is 0.493 e. The van der Waals surface area contributed by atoms with Gasteiger partial charge in [-0.2, -0.15) is 0 Å². The Balaban J connectivity index is 2.60. The van der Waals surface area contributed by atoms with Crippen molar-refractivity contribution in [2.24, 2.45) is 0 Å². The van der Waals surface area contributed by atoms with Crippen LogP contribution in [-0.2, 0) is 0 Å². The summed E-state index contributed by atoms with van der Waals surface area (Å²) in [5, 5.41) is 7.25. The van der Waals surface area contributed by atoms with E-state index in [-0.39, 0.29) is 5.82 Å². The van der Waals surface area contributed by atoms with Crippen LogP contribution in [0.15, 0.2) is 16.8 Å². The predicted octanol–water partition coefficient (Wildman–Crippen LogP) is 1.34. The summed E-state index contributed by atoms with van der Waals surface area (Å²) in [6.45, 7) is 0. The molecule has 1 aromatic carbocycles. The quantitative estimate of drug-likeness (QED) is 0.876. The van der Waals surface area contributed by atoms with Gasteiger partial charge >= 0.3 is 0 Å². The Kier molecular flexibility index (Phi) is 3.22. The third-order valence-corrected chi connectivity index (χ3v) is 2.45. The summed E-state index contributed by atoms with van der Waals surface area (Å²) in [6.07, 6.45) is 0. The average Bonchev–Trinajstić information content (AvgIpc) is 2.83. The van der Waals surface area contributed by atoms with Gasteiger partial charge in [0.05, 0.1) is 21.3 Å². The lowest BCUT2D eigenvalue weighted by molar-refractivity contribution is 0.310. The first kappa shape index (κ1) is 12.0. The molecule has 0 radical (unpaired) electrons. The number of hydrogen-bond acceptors (Lipinski definition) is 7. The van der Waals surface area contributed by atoms with E-state index in [1.807, 2.05) is 0 Å². The van der Waals surface area contributed by atoms with Gasteiger partial charge in [-0.15, -0.1) is 0 Å². The van der Waals surface area contributed by atoms with Crippen molar-refractivity contribution in [1.29, 1.82) is 0 Å². The van der Waals surface area contributed by atoms with E-state index in [2.05, 4.69) is 14.9 Å². The first-order valence-electron chi connectivity index (χ1n) is 5.09. The normalized spacial score (nSPS) is 10.2. The van der Waals surface area contributed by atoms with Crippen LogP contribution in [-0.4, -0.2) is 31.6 Å². The molecule has 0 unspecified atom stereocenters. The molecule has 0 aliphatic heterocycles.